The maximum absolute atomic E-state index is 13.5. The van der Waals surface area contributed by atoms with Gasteiger partial charge in [-0.1, -0.05) is 20.3 Å². The molecule has 27 nitrogen and oxygen atoms in total. The lowest BCUT2D eigenvalue weighted by atomic mass is 10.0. The monoisotopic (exact) mass is 995 g/mol. The van der Waals surface area contributed by atoms with E-state index in [2.05, 4.69) is 72.5 Å². The molecule has 4 heterocycles. The number of benzene rings is 2. The molecule has 27 heteroatoms. The number of carboxylic acid groups (broad SMARTS) is 1. The van der Waals surface area contributed by atoms with E-state index >= 15 is 0 Å². The molecule has 1 aliphatic rings. The van der Waals surface area contributed by atoms with Crippen molar-refractivity contribution in [2.45, 2.75) is 96.4 Å². The average Bonchev–Trinajstić information content (AvgIpc) is 3.99. The number of aliphatic hydroxyl groups is 2. The number of nitrogen functional groups attached to an aromatic ring is 2. The first kappa shape index (κ1) is 52.9. The van der Waals surface area contributed by atoms with Gasteiger partial charge >= 0.3 is 5.97 Å². The number of aliphatic carboxylic acids is 1. The lowest BCUT2D eigenvalue weighted by Crippen LogP contribution is -2.53. The van der Waals surface area contributed by atoms with Crippen molar-refractivity contribution in [1.29, 1.82) is 0 Å². The van der Waals surface area contributed by atoms with Gasteiger partial charge < -0.3 is 63.8 Å². The van der Waals surface area contributed by atoms with Gasteiger partial charge in [-0.25, -0.2) is 19.7 Å². The van der Waals surface area contributed by atoms with Crippen LogP contribution in [0.4, 0.5) is 23.1 Å². The Balaban J connectivity index is 0.963. The number of carbonyl (C=O) groups is 6. The van der Waals surface area contributed by atoms with E-state index in [4.69, 9.17) is 11.5 Å². The third-order valence-corrected chi connectivity index (χ3v) is 11.4. The summed E-state index contributed by atoms with van der Waals surface area (Å²) in [6.07, 6.45) is 4.75. The van der Waals surface area contributed by atoms with Crippen molar-refractivity contribution in [3.63, 3.8) is 0 Å². The van der Waals surface area contributed by atoms with Gasteiger partial charge in [0, 0.05) is 42.5 Å². The molecule has 382 valence electrons. The SMILES string of the molecule is CC(C)[C@H](NC(=O)CCCCCN1C(O)C=CC1O)C(=O)N[C@@H](C)C(=O)Nc1ccc(C(=O)NCCC[C@H](NC(=O)c2ccc(NCc3cnc4nc(N)nc(N)c4n3)cc2O)C(=O)O)c(-c2nn[nH]n2)c1. The molecule has 5 amide bonds. The zero-order chi connectivity index (χ0) is 52.1. The number of nitrogens with two attached hydrogens (primary N) is 2. The number of aromatic amines is 1. The number of phenolic OH excluding ortho intramolecular Hbond substituents is 1. The lowest BCUT2D eigenvalue weighted by Gasteiger charge is -2.24. The second-order valence-electron chi connectivity index (χ2n) is 17.1. The first-order valence-electron chi connectivity index (χ1n) is 22.9. The van der Waals surface area contributed by atoms with Crippen LogP contribution in [0.25, 0.3) is 22.6 Å². The van der Waals surface area contributed by atoms with E-state index in [0.717, 1.165) is 0 Å². The van der Waals surface area contributed by atoms with Crippen LogP contribution >= 0.6 is 0 Å². The highest BCUT2D eigenvalue weighted by Crippen LogP contribution is 2.26. The molecule has 6 rings (SSSR count). The lowest BCUT2D eigenvalue weighted by molar-refractivity contribution is -0.139. The Morgan fingerprint density at radius 2 is 1.57 bits per heavy atom. The fourth-order valence-corrected chi connectivity index (χ4v) is 7.47. The topological polar surface area (TPSA) is 417 Å². The standard InChI is InChI=1S/C45H57N17O10/c1-22(2)35(55-32(64)9-5-4-6-17-62-33(65)14-15-34(62)66)43(70)51-23(3)40(67)53-25-11-12-27(29(18-25)38-58-60-61-59-38)41(68)48-16-7-8-30(44(71)72)54-42(69)28-13-10-24(19-31(28)63)49-20-26-21-50-39-36(52-26)37(46)56-45(47)57-39/h10-15,18-19,21-23,30,33-35,49,63,65-66H,4-9,16-17,20H2,1-3H3,(H,48,68)(H,51,70)(H,53,67)(H,54,69)(H,55,64)(H,71,72)(H,58,59,60,61)(H4,46,47,50,56,57)/t23-,30-,33?,34?,35-/m0/s1. The summed E-state index contributed by atoms with van der Waals surface area (Å²) >= 11 is 0. The molecule has 2 aromatic carbocycles. The van der Waals surface area contributed by atoms with Crippen LogP contribution in [0.2, 0.25) is 0 Å². The number of amides is 5. The summed E-state index contributed by atoms with van der Waals surface area (Å²) in [4.78, 5) is 96.1. The molecule has 0 aliphatic carbocycles. The van der Waals surface area contributed by atoms with Crippen LogP contribution in [0.1, 0.15) is 85.7 Å². The number of hydrogen-bond donors (Lipinski definition) is 13. The Morgan fingerprint density at radius 3 is 2.26 bits per heavy atom. The maximum Gasteiger partial charge on any atom is 0.326 e. The minimum Gasteiger partial charge on any atom is -0.507 e. The quantitative estimate of drug-likeness (QED) is 0.0288. The number of aromatic nitrogens is 8. The minimum absolute atomic E-state index is 0.0158. The highest BCUT2D eigenvalue weighted by molar-refractivity contribution is 6.03. The molecule has 0 spiro atoms. The number of nitrogens with zero attached hydrogens (tertiary/aromatic N) is 8. The molecule has 0 saturated carbocycles. The highest BCUT2D eigenvalue weighted by Gasteiger charge is 2.29. The zero-order valence-corrected chi connectivity index (χ0v) is 39.5. The Hall–Kier alpha value is -8.43. The fraction of sp³-hybridized carbons (Fsp3) is 0.400. The molecule has 0 fully saturated rings. The molecule has 1 aliphatic heterocycles. The van der Waals surface area contributed by atoms with Gasteiger partial charge in [0.1, 0.15) is 36.3 Å². The van der Waals surface area contributed by atoms with Crippen molar-refractivity contribution in [1.82, 2.24) is 66.7 Å². The van der Waals surface area contributed by atoms with Crippen molar-refractivity contribution in [3.05, 3.63) is 71.6 Å². The average molecular weight is 996 g/mol. The predicted molar refractivity (Wildman–Crippen MR) is 259 cm³/mol. The maximum atomic E-state index is 13.5. The van der Waals surface area contributed by atoms with Gasteiger partial charge in [0.2, 0.25) is 29.5 Å². The number of carbonyl (C=O) groups excluding carboxylic acids is 5. The van der Waals surface area contributed by atoms with Crippen LogP contribution in [-0.2, 0) is 25.7 Å². The number of hydrogen-bond acceptors (Lipinski definition) is 20. The third-order valence-electron chi connectivity index (χ3n) is 11.4. The summed E-state index contributed by atoms with van der Waals surface area (Å²) in [6.45, 7) is 5.56. The minimum atomic E-state index is -1.39. The van der Waals surface area contributed by atoms with E-state index < -0.39 is 65.9 Å². The molecule has 0 saturated heterocycles. The van der Waals surface area contributed by atoms with E-state index in [1.54, 1.807) is 13.8 Å². The smallest absolute Gasteiger partial charge is 0.326 e. The summed E-state index contributed by atoms with van der Waals surface area (Å²) in [5.74, 6) is -5.01. The Bertz CT molecular complexity index is 2780. The number of H-pyrrole nitrogens is 1. The van der Waals surface area contributed by atoms with Crippen LogP contribution < -0.4 is 43.4 Å². The van der Waals surface area contributed by atoms with E-state index in [-0.39, 0.29) is 95.3 Å². The molecule has 2 unspecified atom stereocenters. The van der Waals surface area contributed by atoms with Gasteiger partial charge in [0.05, 0.1) is 29.6 Å². The number of rotatable bonds is 24. The Kier molecular flexibility index (Phi) is 17.9. The number of carboxylic acids is 1. The molecular formula is C45H57N17O10. The molecule has 72 heavy (non-hydrogen) atoms. The van der Waals surface area contributed by atoms with E-state index in [1.807, 2.05) is 0 Å². The van der Waals surface area contributed by atoms with Crippen LogP contribution in [-0.4, -0.2) is 145 Å². The second-order valence-corrected chi connectivity index (χ2v) is 17.1. The van der Waals surface area contributed by atoms with Crippen LogP contribution in [0, 0.1) is 5.92 Å². The molecule has 0 radical (unpaired) electrons. The Morgan fingerprint density at radius 1 is 0.833 bits per heavy atom. The molecular weight excluding hydrogens is 939 g/mol. The van der Waals surface area contributed by atoms with E-state index in [1.165, 1.54) is 66.6 Å². The Labute approximate surface area is 411 Å². The summed E-state index contributed by atoms with van der Waals surface area (Å²) < 4.78 is 0. The molecule has 5 atom stereocenters. The van der Waals surface area contributed by atoms with Crippen LogP contribution in [0.15, 0.2) is 54.7 Å². The fourth-order valence-electron chi connectivity index (χ4n) is 7.47. The van der Waals surface area contributed by atoms with Crippen LogP contribution in [0.3, 0.4) is 0 Å². The number of fused-ring (bicyclic) bond motifs is 1. The van der Waals surface area contributed by atoms with Gasteiger partial charge in [0.25, 0.3) is 11.8 Å². The first-order valence-corrected chi connectivity index (χ1v) is 22.9. The van der Waals surface area contributed by atoms with Gasteiger partial charge in [-0.2, -0.15) is 15.2 Å². The number of aromatic hydroxyl groups is 1. The number of anilines is 4. The zero-order valence-electron chi connectivity index (χ0n) is 39.5. The van der Waals surface area contributed by atoms with Crippen LogP contribution in [0.5, 0.6) is 5.75 Å². The number of phenols is 1. The van der Waals surface area contributed by atoms with Crippen molar-refractivity contribution >= 4 is 69.8 Å². The van der Waals surface area contributed by atoms with E-state index in [9.17, 15) is 49.2 Å². The normalized spacial score (nSPS) is 15.6. The summed E-state index contributed by atoms with van der Waals surface area (Å²) in [7, 11) is 0. The largest absolute Gasteiger partial charge is 0.507 e. The van der Waals surface area contributed by atoms with Gasteiger partial charge in [0.15, 0.2) is 17.0 Å². The summed E-state index contributed by atoms with van der Waals surface area (Å²) in [6, 6.07) is 5.03. The van der Waals surface area contributed by atoms with Crippen molar-refractivity contribution in [2.75, 3.05) is 35.2 Å². The van der Waals surface area contributed by atoms with Gasteiger partial charge in [-0.05, 0) is 86.2 Å². The van der Waals surface area contributed by atoms with Gasteiger partial charge in [-0.15, -0.1) is 10.2 Å². The third kappa shape index (κ3) is 14.1. The van der Waals surface area contributed by atoms with Crippen molar-refractivity contribution in [2.24, 2.45) is 5.92 Å². The second kappa shape index (κ2) is 24.4. The first-order chi connectivity index (χ1) is 34.4. The summed E-state index contributed by atoms with van der Waals surface area (Å²) in [5.41, 5.74) is 13.2. The molecule has 5 aromatic rings. The van der Waals surface area contributed by atoms with E-state index in [0.29, 0.717) is 37.2 Å². The molecule has 0 bridgehead atoms. The molecule has 15 N–H and O–H groups in total. The molecule has 3 aromatic heterocycles. The highest BCUT2D eigenvalue weighted by atomic mass is 16.4. The predicted octanol–water partition coefficient (Wildman–Crippen LogP) is 0.128. The van der Waals surface area contributed by atoms with Crippen molar-refractivity contribution in [3.8, 4) is 17.1 Å². The number of aliphatic hydroxyl groups excluding tert-OH is 2. The number of tetrazole rings is 1. The summed E-state index contributed by atoms with van der Waals surface area (Å²) in [5, 5.41) is 70.4. The number of unbranched alkanes of at least 4 members (excludes halogenated alkanes) is 2. The number of nitrogens with one attached hydrogen (secondary N) is 7. The van der Waals surface area contributed by atoms with Crippen molar-refractivity contribution < 1.29 is 49.2 Å². The van der Waals surface area contributed by atoms with Gasteiger partial charge in [-0.3, -0.25) is 24.0 Å².